The number of allylic oxidation sites excluding steroid dienone is 1. The molecule has 3 aromatic rings. The number of carbonyl (C=O) groups is 2. The first-order valence-corrected chi connectivity index (χ1v) is 12.4. The minimum absolute atomic E-state index is 0.0945. The zero-order valence-electron chi connectivity index (χ0n) is 20.0. The number of nitrogens with one attached hydrogen (secondary N) is 1. The van der Waals surface area contributed by atoms with E-state index < -0.39 is 0 Å². The summed E-state index contributed by atoms with van der Waals surface area (Å²) >= 11 is 0. The number of imidazole rings is 1. The third-order valence-corrected chi connectivity index (χ3v) is 8.12. The zero-order chi connectivity index (χ0) is 24.2. The van der Waals surface area contributed by atoms with E-state index in [1.54, 1.807) is 21.6 Å². The fourth-order valence-electron chi connectivity index (χ4n) is 6.16. The summed E-state index contributed by atoms with van der Waals surface area (Å²) < 4.78 is 3.60. The Morgan fingerprint density at radius 3 is 2.94 bits per heavy atom. The molecule has 0 spiro atoms. The van der Waals surface area contributed by atoms with Crippen molar-refractivity contribution in [1.29, 1.82) is 0 Å². The Balaban J connectivity index is 1.20. The third kappa shape index (κ3) is 3.88. The van der Waals surface area contributed by atoms with E-state index in [0.29, 0.717) is 36.7 Å². The van der Waals surface area contributed by atoms with Gasteiger partial charge in [0.25, 0.3) is 11.8 Å². The summed E-state index contributed by atoms with van der Waals surface area (Å²) in [7, 11) is 1.93. The Bertz CT molecular complexity index is 1370. The maximum absolute atomic E-state index is 13.3. The molecule has 2 atom stereocenters. The van der Waals surface area contributed by atoms with Crippen LogP contribution in [0.25, 0.3) is 5.65 Å². The van der Waals surface area contributed by atoms with Crippen LogP contribution in [0.15, 0.2) is 49.0 Å². The topological polar surface area (TPSA) is 84.5 Å². The van der Waals surface area contributed by atoms with Crippen molar-refractivity contribution in [1.82, 2.24) is 29.4 Å². The summed E-state index contributed by atoms with van der Waals surface area (Å²) in [6, 6.07) is 5.42. The second-order valence-corrected chi connectivity index (χ2v) is 10.4. The van der Waals surface area contributed by atoms with Gasteiger partial charge in [-0.1, -0.05) is 12.6 Å². The normalized spacial score (nSPS) is 24.5. The largest absolute Gasteiger partial charge is 0.350 e. The van der Waals surface area contributed by atoms with Gasteiger partial charge in [-0.3, -0.25) is 18.7 Å². The number of hydrogen-bond acceptors (Lipinski definition) is 4. The van der Waals surface area contributed by atoms with Crippen molar-refractivity contribution in [3.05, 3.63) is 71.6 Å². The first-order chi connectivity index (χ1) is 17.0. The fraction of sp³-hybridized carbons (Fsp3) is 0.444. The number of pyridine rings is 1. The number of rotatable bonds is 6. The maximum Gasteiger partial charge on any atom is 0.274 e. The summed E-state index contributed by atoms with van der Waals surface area (Å²) in [5, 5.41) is 7.49. The smallest absolute Gasteiger partial charge is 0.274 e. The molecule has 0 saturated heterocycles. The number of amides is 2. The van der Waals surface area contributed by atoms with Crippen molar-refractivity contribution in [2.24, 2.45) is 24.3 Å². The van der Waals surface area contributed by atoms with E-state index in [0.717, 1.165) is 43.1 Å². The van der Waals surface area contributed by atoms with Crippen molar-refractivity contribution < 1.29 is 9.59 Å². The number of carbonyl (C=O) groups excluding carboxylic acids is 2. The second kappa shape index (κ2) is 8.24. The lowest BCUT2D eigenvalue weighted by Gasteiger charge is -2.30. The van der Waals surface area contributed by atoms with E-state index in [2.05, 4.69) is 27.7 Å². The van der Waals surface area contributed by atoms with Crippen molar-refractivity contribution in [3.63, 3.8) is 0 Å². The van der Waals surface area contributed by atoms with Crippen LogP contribution < -0.4 is 5.32 Å². The molecule has 3 aliphatic rings. The third-order valence-electron chi connectivity index (χ3n) is 8.12. The Labute approximate surface area is 204 Å². The van der Waals surface area contributed by atoms with Gasteiger partial charge in [-0.25, -0.2) is 4.98 Å². The van der Waals surface area contributed by atoms with Gasteiger partial charge in [-0.05, 0) is 61.1 Å². The van der Waals surface area contributed by atoms with Crippen LogP contribution in [0.4, 0.5) is 0 Å². The molecule has 8 nitrogen and oxygen atoms in total. The number of hydrogen-bond donors (Lipinski definition) is 1. The summed E-state index contributed by atoms with van der Waals surface area (Å²) in [6.45, 7) is 5.48. The van der Waals surface area contributed by atoms with E-state index in [9.17, 15) is 9.59 Å². The molecular weight excluding hydrogens is 440 g/mol. The summed E-state index contributed by atoms with van der Waals surface area (Å²) in [5.74, 6) is 1.35. The molecule has 1 N–H and O–H groups in total. The van der Waals surface area contributed by atoms with E-state index in [4.69, 9.17) is 0 Å². The fourth-order valence-corrected chi connectivity index (χ4v) is 6.16. The first-order valence-electron chi connectivity index (χ1n) is 12.4. The van der Waals surface area contributed by atoms with Gasteiger partial charge in [0.2, 0.25) is 0 Å². The molecule has 6 rings (SSSR count). The van der Waals surface area contributed by atoms with Gasteiger partial charge in [0.15, 0.2) is 0 Å². The first kappa shape index (κ1) is 21.9. The van der Waals surface area contributed by atoms with Crippen molar-refractivity contribution in [2.45, 2.75) is 38.6 Å². The monoisotopic (exact) mass is 470 g/mol. The van der Waals surface area contributed by atoms with Crippen LogP contribution in [0.1, 0.15) is 57.9 Å². The molecule has 180 valence electrons. The molecule has 8 heteroatoms. The highest BCUT2D eigenvalue weighted by Crippen LogP contribution is 2.61. The summed E-state index contributed by atoms with van der Waals surface area (Å²) in [4.78, 5) is 32.8. The molecule has 2 amide bonds. The molecule has 2 fully saturated rings. The minimum Gasteiger partial charge on any atom is -0.350 e. The lowest BCUT2D eigenvalue weighted by molar-refractivity contribution is 0.0727. The van der Waals surface area contributed by atoms with Crippen LogP contribution in [0.5, 0.6) is 0 Å². The summed E-state index contributed by atoms with van der Waals surface area (Å²) in [5.41, 5.74) is 6.66. The number of aryl methyl sites for hydroxylation is 1. The molecule has 2 unspecified atom stereocenters. The van der Waals surface area contributed by atoms with Crippen LogP contribution in [0.3, 0.4) is 0 Å². The Kier molecular flexibility index (Phi) is 5.15. The van der Waals surface area contributed by atoms with Gasteiger partial charge in [0.1, 0.15) is 17.0 Å². The van der Waals surface area contributed by atoms with Gasteiger partial charge >= 0.3 is 0 Å². The molecule has 3 aromatic heterocycles. The number of aromatic nitrogens is 4. The molecule has 0 bridgehead atoms. The van der Waals surface area contributed by atoms with Gasteiger partial charge in [0.05, 0.1) is 6.20 Å². The van der Waals surface area contributed by atoms with Gasteiger partial charge < -0.3 is 10.2 Å². The van der Waals surface area contributed by atoms with Crippen LogP contribution >= 0.6 is 0 Å². The number of fused-ring (bicyclic) bond motifs is 3. The van der Waals surface area contributed by atoms with Crippen LogP contribution in [0.2, 0.25) is 0 Å². The SMILES string of the molecule is C=C=CCC1(CNC(=O)c2cccc3nc(C(=O)N4CCc5c(cnn5C)C4)cn23)CC2CC2C1. The molecule has 2 aliphatic carbocycles. The predicted molar refractivity (Wildman–Crippen MR) is 131 cm³/mol. The van der Waals surface area contributed by atoms with Crippen molar-refractivity contribution in [3.8, 4) is 0 Å². The van der Waals surface area contributed by atoms with Gasteiger partial charge in [0, 0.05) is 50.6 Å². The van der Waals surface area contributed by atoms with Crippen LogP contribution in [-0.4, -0.2) is 49.0 Å². The quantitative estimate of drug-likeness (QED) is 0.561. The minimum atomic E-state index is -0.146. The molecule has 35 heavy (non-hydrogen) atoms. The van der Waals surface area contributed by atoms with Crippen molar-refractivity contribution >= 4 is 17.5 Å². The van der Waals surface area contributed by atoms with Crippen LogP contribution in [-0.2, 0) is 20.0 Å². The Morgan fingerprint density at radius 1 is 1.31 bits per heavy atom. The highest BCUT2D eigenvalue weighted by atomic mass is 16.2. The van der Waals surface area contributed by atoms with Crippen molar-refractivity contribution in [2.75, 3.05) is 13.1 Å². The van der Waals surface area contributed by atoms with E-state index >= 15 is 0 Å². The molecule has 4 heterocycles. The predicted octanol–water partition coefficient (Wildman–Crippen LogP) is 3.14. The average Bonchev–Trinajstić information content (AvgIpc) is 3.20. The molecule has 0 aromatic carbocycles. The Morgan fingerprint density at radius 2 is 2.14 bits per heavy atom. The molecule has 0 radical (unpaired) electrons. The highest BCUT2D eigenvalue weighted by Gasteiger charge is 2.53. The summed E-state index contributed by atoms with van der Waals surface area (Å²) in [6.07, 6.45) is 10.8. The maximum atomic E-state index is 13.3. The van der Waals surface area contributed by atoms with E-state index in [-0.39, 0.29) is 17.2 Å². The Hall–Kier alpha value is -3.64. The standard InChI is InChI=1S/C27H30N6O2/c1-3-4-9-27(12-18-11-19(18)13-27)17-28-25(34)23-6-5-7-24-30-21(16-33(23)24)26(35)32-10-8-22-20(15-32)14-29-31(22)2/h4-7,14,16,18-19H,1,8-13,15,17H2,2H3,(H,28,34). The molecule has 2 saturated carbocycles. The van der Waals surface area contributed by atoms with Gasteiger partial charge in [-0.15, -0.1) is 5.73 Å². The van der Waals surface area contributed by atoms with Gasteiger partial charge in [-0.2, -0.15) is 5.10 Å². The number of nitrogens with zero attached hydrogens (tertiary/aromatic N) is 5. The lowest BCUT2D eigenvalue weighted by Crippen LogP contribution is -2.37. The second-order valence-electron chi connectivity index (χ2n) is 10.4. The average molecular weight is 471 g/mol. The molecule has 1 aliphatic heterocycles. The van der Waals surface area contributed by atoms with Crippen LogP contribution in [0, 0.1) is 17.3 Å². The lowest BCUT2D eigenvalue weighted by atomic mass is 9.79. The van der Waals surface area contributed by atoms with E-state index in [1.165, 1.54) is 12.1 Å². The highest BCUT2D eigenvalue weighted by molar-refractivity contribution is 5.95. The zero-order valence-corrected chi connectivity index (χ0v) is 20.0. The van der Waals surface area contributed by atoms with E-state index in [1.807, 2.05) is 36.1 Å². The molecular formula is C27H30N6O2.